The Hall–Kier alpha value is -0.630. The van der Waals surface area contributed by atoms with Crippen molar-refractivity contribution in [1.82, 2.24) is 10.2 Å². The van der Waals surface area contributed by atoms with E-state index in [2.05, 4.69) is 50.9 Å². The van der Waals surface area contributed by atoms with Gasteiger partial charge in [-0.1, -0.05) is 6.92 Å². The van der Waals surface area contributed by atoms with Crippen molar-refractivity contribution in [2.75, 3.05) is 26.2 Å². The summed E-state index contributed by atoms with van der Waals surface area (Å²) >= 11 is 0. The minimum Gasteiger partial charge on any atom is -0.367 e. The zero-order valence-corrected chi connectivity index (χ0v) is 13.6. The van der Waals surface area contributed by atoms with Gasteiger partial charge < -0.3 is 4.74 Å². The predicted octanol–water partition coefficient (Wildman–Crippen LogP) is 2.16. The van der Waals surface area contributed by atoms with Gasteiger partial charge in [-0.2, -0.15) is 5.26 Å². The van der Waals surface area contributed by atoms with Crippen molar-refractivity contribution in [3.8, 4) is 6.07 Å². The van der Waals surface area contributed by atoms with Crippen LogP contribution in [-0.4, -0.2) is 47.8 Å². The Kier molecular flexibility index (Phi) is 4.17. The maximum absolute atomic E-state index is 9.74. The summed E-state index contributed by atoms with van der Waals surface area (Å²) in [7, 11) is 0. The first-order valence-electron chi connectivity index (χ1n) is 7.81. The smallest absolute Gasteiger partial charge is 0.122 e. The molecule has 0 spiro atoms. The lowest BCUT2D eigenvalue weighted by Crippen LogP contribution is -2.62. The second kappa shape index (κ2) is 5.29. The second-order valence-corrected chi connectivity index (χ2v) is 7.65. The molecular formula is C16H29N3O. The number of hydrogen-bond donors (Lipinski definition) is 1. The van der Waals surface area contributed by atoms with Crippen LogP contribution in [-0.2, 0) is 4.74 Å². The fourth-order valence-electron chi connectivity index (χ4n) is 3.80. The molecule has 4 nitrogen and oxygen atoms in total. The lowest BCUT2D eigenvalue weighted by atomic mass is 9.91. The van der Waals surface area contributed by atoms with Crippen molar-refractivity contribution in [2.24, 2.45) is 5.92 Å². The number of hydrogen-bond acceptors (Lipinski definition) is 4. The van der Waals surface area contributed by atoms with Crippen molar-refractivity contribution < 1.29 is 4.74 Å². The first-order chi connectivity index (χ1) is 9.22. The molecule has 0 bridgehead atoms. The molecule has 0 aromatic heterocycles. The van der Waals surface area contributed by atoms with Crippen molar-refractivity contribution >= 4 is 0 Å². The molecule has 4 heteroatoms. The fourth-order valence-corrected chi connectivity index (χ4v) is 3.80. The molecule has 2 rings (SSSR count). The summed E-state index contributed by atoms with van der Waals surface area (Å²) in [6, 6.07) is 2.59. The maximum atomic E-state index is 9.74. The quantitative estimate of drug-likeness (QED) is 0.838. The molecule has 0 aromatic carbocycles. The van der Waals surface area contributed by atoms with Crippen molar-refractivity contribution in [3.63, 3.8) is 0 Å². The van der Waals surface area contributed by atoms with Crippen LogP contribution in [0.1, 0.15) is 47.5 Å². The molecule has 1 saturated heterocycles. The zero-order chi connectivity index (χ0) is 15.0. The summed E-state index contributed by atoms with van der Waals surface area (Å²) in [5, 5.41) is 13.2. The molecule has 1 heterocycles. The highest BCUT2D eigenvalue weighted by molar-refractivity contribution is 5.17. The molecular weight excluding hydrogens is 250 g/mol. The Labute approximate surface area is 123 Å². The SMILES string of the molecule is CCNC(C#N)(CN1CC(C)(C)OC(C)(C)C1)C1CC1. The van der Waals surface area contributed by atoms with Gasteiger partial charge >= 0.3 is 0 Å². The number of likely N-dealkylation sites (N-methyl/N-ethyl adjacent to an activating group) is 1. The fraction of sp³-hybridized carbons (Fsp3) is 0.938. The van der Waals surface area contributed by atoms with Crippen LogP contribution in [0.15, 0.2) is 0 Å². The first-order valence-corrected chi connectivity index (χ1v) is 7.81. The Bertz CT molecular complexity index is 379. The summed E-state index contributed by atoms with van der Waals surface area (Å²) in [5.74, 6) is 0.515. The van der Waals surface area contributed by atoms with Gasteiger partial charge in [-0.05, 0) is 53.0 Å². The Morgan fingerprint density at radius 3 is 2.20 bits per heavy atom. The topological polar surface area (TPSA) is 48.3 Å². The summed E-state index contributed by atoms with van der Waals surface area (Å²) in [5.41, 5.74) is -0.685. The number of nitriles is 1. The average Bonchev–Trinajstić information content (AvgIpc) is 3.07. The van der Waals surface area contributed by atoms with Gasteiger partial charge in [-0.15, -0.1) is 0 Å². The average molecular weight is 279 g/mol. The van der Waals surface area contributed by atoms with Gasteiger partial charge in [0.1, 0.15) is 5.54 Å². The van der Waals surface area contributed by atoms with Gasteiger partial charge in [0.05, 0.1) is 17.3 Å². The number of rotatable bonds is 5. The van der Waals surface area contributed by atoms with Crippen LogP contribution in [0, 0.1) is 17.2 Å². The van der Waals surface area contributed by atoms with Crippen LogP contribution in [0.25, 0.3) is 0 Å². The molecule has 114 valence electrons. The van der Waals surface area contributed by atoms with Crippen LogP contribution in [0.2, 0.25) is 0 Å². The summed E-state index contributed by atoms with van der Waals surface area (Å²) in [6.07, 6.45) is 2.36. The number of nitrogens with one attached hydrogen (secondary N) is 1. The van der Waals surface area contributed by atoms with E-state index in [0.717, 1.165) is 26.2 Å². The molecule has 1 N–H and O–H groups in total. The van der Waals surface area contributed by atoms with Crippen molar-refractivity contribution in [3.05, 3.63) is 0 Å². The van der Waals surface area contributed by atoms with E-state index in [1.54, 1.807) is 0 Å². The lowest BCUT2D eigenvalue weighted by Gasteiger charge is -2.49. The van der Waals surface area contributed by atoms with Gasteiger partial charge in [0.25, 0.3) is 0 Å². The van der Waals surface area contributed by atoms with Gasteiger partial charge in [0, 0.05) is 19.6 Å². The van der Waals surface area contributed by atoms with E-state index in [9.17, 15) is 5.26 Å². The molecule has 1 aliphatic carbocycles. The Morgan fingerprint density at radius 2 is 1.80 bits per heavy atom. The van der Waals surface area contributed by atoms with Gasteiger partial charge in [-0.3, -0.25) is 10.2 Å². The minimum atomic E-state index is -0.377. The third-order valence-corrected chi connectivity index (χ3v) is 4.20. The van der Waals surface area contributed by atoms with Crippen molar-refractivity contribution in [2.45, 2.75) is 64.2 Å². The second-order valence-electron chi connectivity index (χ2n) is 7.65. The minimum absolute atomic E-state index is 0.154. The number of morpholine rings is 1. The Balaban J connectivity index is 2.12. The van der Waals surface area contributed by atoms with Crippen molar-refractivity contribution in [1.29, 1.82) is 5.26 Å². The normalized spacial score (nSPS) is 28.6. The molecule has 2 aliphatic rings. The molecule has 0 amide bonds. The summed E-state index contributed by atoms with van der Waals surface area (Å²) in [4.78, 5) is 2.41. The highest BCUT2D eigenvalue weighted by Gasteiger charge is 2.48. The highest BCUT2D eigenvalue weighted by atomic mass is 16.5. The molecule has 2 fully saturated rings. The van der Waals surface area contributed by atoms with Gasteiger partial charge in [0.2, 0.25) is 0 Å². The molecule has 1 aliphatic heterocycles. The van der Waals surface area contributed by atoms with Crippen LogP contribution in [0.3, 0.4) is 0 Å². The van der Waals surface area contributed by atoms with Gasteiger partial charge in [0.15, 0.2) is 0 Å². The summed E-state index contributed by atoms with van der Waals surface area (Å²) in [6.45, 7) is 14.1. The molecule has 0 radical (unpaired) electrons. The zero-order valence-electron chi connectivity index (χ0n) is 13.6. The molecule has 1 atom stereocenters. The van der Waals surface area contributed by atoms with Crippen LogP contribution in [0.4, 0.5) is 0 Å². The van der Waals surface area contributed by atoms with Crippen LogP contribution < -0.4 is 5.32 Å². The number of ether oxygens (including phenoxy) is 1. The van der Waals surface area contributed by atoms with E-state index < -0.39 is 0 Å². The third kappa shape index (κ3) is 3.52. The van der Waals surface area contributed by atoms with Gasteiger partial charge in [-0.25, -0.2) is 0 Å². The molecule has 1 saturated carbocycles. The van der Waals surface area contributed by atoms with E-state index in [4.69, 9.17) is 4.74 Å². The van der Waals surface area contributed by atoms with E-state index in [-0.39, 0.29) is 16.7 Å². The predicted molar refractivity (Wildman–Crippen MR) is 80.4 cm³/mol. The Morgan fingerprint density at radius 1 is 1.25 bits per heavy atom. The third-order valence-electron chi connectivity index (χ3n) is 4.20. The molecule has 20 heavy (non-hydrogen) atoms. The van der Waals surface area contributed by atoms with E-state index >= 15 is 0 Å². The lowest BCUT2D eigenvalue weighted by molar-refractivity contribution is -0.182. The first kappa shape index (κ1) is 15.8. The molecule has 0 aromatic rings. The van der Waals surface area contributed by atoms with Crippen LogP contribution in [0.5, 0.6) is 0 Å². The van der Waals surface area contributed by atoms with E-state index in [0.29, 0.717) is 5.92 Å². The van der Waals surface area contributed by atoms with E-state index in [1.807, 2.05) is 0 Å². The standard InChI is InChI=1S/C16H29N3O/c1-6-18-16(9-17,13-7-8-13)12-19-10-14(2,3)20-15(4,5)11-19/h13,18H,6-8,10-12H2,1-5H3. The van der Waals surface area contributed by atoms with Crippen LogP contribution >= 0.6 is 0 Å². The summed E-state index contributed by atoms with van der Waals surface area (Å²) < 4.78 is 6.13. The monoisotopic (exact) mass is 279 g/mol. The van der Waals surface area contributed by atoms with E-state index in [1.165, 1.54) is 12.8 Å². The highest BCUT2D eigenvalue weighted by Crippen LogP contribution is 2.41. The maximum Gasteiger partial charge on any atom is 0.122 e. The largest absolute Gasteiger partial charge is 0.367 e. The number of nitrogens with zero attached hydrogens (tertiary/aromatic N) is 2. The molecule has 1 unspecified atom stereocenters.